The molecule has 0 amide bonds. The number of ether oxygens (including phenoxy) is 1. The van der Waals surface area contributed by atoms with Gasteiger partial charge in [-0.15, -0.1) is 0 Å². The summed E-state index contributed by atoms with van der Waals surface area (Å²) in [5.41, 5.74) is -0.259. The van der Waals surface area contributed by atoms with Crippen LogP contribution in [0.2, 0.25) is 0 Å². The van der Waals surface area contributed by atoms with Gasteiger partial charge in [-0.1, -0.05) is 29.4 Å². The van der Waals surface area contributed by atoms with Crippen LogP contribution in [0.4, 0.5) is 13.2 Å². The number of carbonyl (C=O) groups excluding carboxylic acids is 1. The minimum atomic E-state index is -4.45. The van der Waals surface area contributed by atoms with Crippen molar-refractivity contribution in [1.82, 2.24) is 10.1 Å². The van der Waals surface area contributed by atoms with Gasteiger partial charge in [-0.3, -0.25) is 4.79 Å². The van der Waals surface area contributed by atoms with Gasteiger partial charge in [0.25, 0.3) is 5.89 Å². The van der Waals surface area contributed by atoms with Crippen molar-refractivity contribution >= 4 is 6.29 Å². The number of carbonyl (C=O) groups is 1. The molecule has 128 valence electrons. The first kappa shape index (κ1) is 16.7. The fourth-order valence-corrected chi connectivity index (χ4v) is 2.11. The van der Waals surface area contributed by atoms with Crippen LogP contribution in [0, 0.1) is 0 Å². The zero-order valence-corrected chi connectivity index (χ0v) is 12.7. The predicted molar refractivity (Wildman–Crippen MR) is 80.9 cm³/mol. The minimum absolute atomic E-state index is 0.0216. The molecule has 0 saturated heterocycles. The highest BCUT2D eigenvalue weighted by Gasteiger charge is 2.30. The molecule has 0 spiro atoms. The number of alkyl halides is 3. The van der Waals surface area contributed by atoms with Crippen LogP contribution < -0.4 is 4.74 Å². The van der Waals surface area contributed by atoms with Gasteiger partial charge < -0.3 is 9.26 Å². The Kier molecular flexibility index (Phi) is 4.51. The number of halogens is 3. The second-order valence-corrected chi connectivity index (χ2v) is 5.03. The first-order chi connectivity index (χ1) is 12.0. The second kappa shape index (κ2) is 6.76. The van der Waals surface area contributed by atoms with Gasteiger partial charge in [-0.2, -0.15) is 18.2 Å². The van der Waals surface area contributed by atoms with Crippen LogP contribution in [0.3, 0.4) is 0 Å². The van der Waals surface area contributed by atoms with E-state index in [9.17, 15) is 18.0 Å². The summed E-state index contributed by atoms with van der Waals surface area (Å²) in [4.78, 5) is 14.9. The molecule has 0 fully saturated rings. The number of rotatable bonds is 5. The van der Waals surface area contributed by atoms with Crippen LogP contribution in [0.1, 0.15) is 21.8 Å². The van der Waals surface area contributed by atoms with Crippen LogP contribution >= 0.6 is 0 Å². The van der Waals surface area contributed by atoms with E-state index in [1.165, 1.54) is 12.1 Å². The Labute approximate surface area is 140 Å². The number of hydrogen-bond acceptors (Lipinski definition) is 5. The van der Waals surface area contributed by atoms with Crippen molar-refractivity contribution in [3.63, 3.8) is 0 Å². The highest BCUT2D eigenvalue weighted by molar-refractivity contribution is 5.79. The van der Waals surface area contributed by atoms with Crippen molar-refractivity contribution in [1.29, 1.82) is 0 Å². The van der Waals surface area contributed by atoms with E-state index in [2.05, 4.69) is 10.1 Å². The largest absolute Gasteiger partial charge is 0.483 e. The lowest BCUT2D eigenvalue weighted by atomic mass is 10.1. The Morgan fingerprint density at radius 3 is 2.68 bits per heavy atom. The van der Waals surface area contributed by atoms with Gasteiger partial charge in [0.05, 0.1) is 11.1 Å². The Bertz CT molecular complexity index is 891. The highest BCUT2D eigenvalue weighted by Crippen LogP contribution is 2.31. The normalized spacial score (nSPS) is 11.3. The molecule has 0 saturated carbocycles. The monoisotopic (exact) mass is 348 g/mol. The van der Waals surface area contributed by atoms with Crippen LogP contribution in [-0.2, 0) is 12.8 Å². The lowest BCUT2D eigenvalue weighted by Gasteiger charge is -2.06. The van der Waals surface area contributed by atoms with Crippen molar-refractivity contribution in [2.75, 3.05) is 0 Å². The number of hydrogen-bond donors (Lipinski definition) is 0. The van der Waals surface area contributed by atoms with E-state index in [4.69, 9.17) is 9.26 Å². The molecule has 2 aromatic carbocycles. The van der Waals surface area contributed by atoms with Crippen LogP contribution in [0.15, 0.2) is 53.1 Å². The maximum atomic E-state index is 12.8. The van der Waals surface area contributed by atoms with E-state index in [0.29, 0.717) is 17.6 Å². The van der Waals surface area contributed by atoms with Crippen LogP contribution in [0.5, 0.6) is 5.75 Å². The van der Waals surface area contributed by atoms with Crippen molar-refractivity contribution in [3.8, 4) is 17.1 Å². The number of aldehydes is 1. The molecule has 0 radical (unpaired) electrons. The van der Waals surface area contributed by atoms with Gasteiger partial charge in [-0.05, 0) is 24.3 Å². The van der Waals surface area contributed by atoms with E-state index < -0.39 is 11.7 Å². The molecule has 0 bridgehead atoms. The molecule has 1 aromatic heterocycles. The number of para-hydroxylation sites is 1. The van der Waals surface area contributed by atoms with E-state index in [-0.39, 0.29) is 23.9 Å². The molecule has 8 heteroatoms. The molecule has 3 rings (SSSR count). The average Bonchev–Trinajstić information content (AvgIpc) is 3.08. The number of benzene rings is 2. The predicted octanol–water partition coefficient (Wildman–Crippen LogP) is 4.15. The summed E-state index contributed by atoms with van der Waals surface area (Å²) in [6, 6.07) is 11.2. The van der Waals surface area contributed by atoms with E-state index in [0.717, 1.165) is 12.1 Å². The molecule has 0 aliphatic rings. The second-order valence-electron chi connectivity index (χ2n) is 5.03. The van der Waals surface area contributed by atoms with Gasteiger partial charge in [0.15, 0.2) is 12.9 Å². The Morgan fingerprint density at radius 1 is 1.12 bits per heavy atom. The molecular weight excluding hydrogens is 337 g/mol. The summed E-state index contributed by atoms with van der Waals surface area (Å²) in [6.07, 6.45) is -3.80. The molecule has 0 N–H and O–H groups in total. The summed E-state index contributed by atoms with van der Waals surface area (Å²) >= 11 is 0. The topological polar surface area (TPSA) is 65.2 Å². The van der Waals surface area contributed by atoms with Crippen molar-refractivity contribution in [2.45, 2.75) is 12.8 Å². The van der Waals surface area contributed by atoms with E-state index >= 15 is 0 Å². The van der Waals surface area contributed by atoms with Gasteiger partial charge in [-0.25, -0.2) is 0 Å². The van der Waals surface area contributed by atoms with E-state index in [1.54, 1.807) is 24.3 Å². The molecule has 0 atom stereocenters. The van der Waals surface area contributed by atoms with Gasteiger partial charge in [0.1, 0.15) is 5.75 Å². The Morgan fingerprint density at radius 2 is 1.92 bits per heavy atom. The zero-order chi connectivity index (χ0) is 17.9. The summed E-state index contributed by atoms with van der Waals surface area (Å²) in [7, 11) is 0. The number of aromatic nitrogens is 2. The first-order valence-electron chi connectivity index (χ1n) is 7.14. The van der Waals surface area contributed by atoms with E-state index in [1.807, 2.05) is 0 Å². The Balaban J connectivity index is 1.76. The number of nitrogens with zero attached hydrogens (tertiary/aromatic N) is 2. The third-order valence-electron chi connectivity index (χ3n) is 3.31. The maximum Gasteiger partial charge on any atom is 0.416 e. The van der Waals surface area contributed by atoms with Crippen molar-refractivity contribution in [2.24, 2.45) is 0 Å². The minimum Gasteiger partial charge on any atom is -0.483 e. The average molecular weight is 348 g/mol. The SMILES string of the molecule is O=Cc1ccccc1OCc1nc(-c2cccc(C(F)(F)F)c2)no1. The lowest BCUT2D eigenvalue weighted by Crippen LogP contribution is -2.04. The highest BCUT2D eigenvalue weighted by atomic mass is 19.4. The maximum absolute atomic E-state index is 12.8. The molecule has 5 nitrogen and oxygen atoms in total. The first-order valence-corrected chi connectivity index (χ1v) is 7.14. The third kappa shape index (κ3) is 3.85. The van der Waals surface area contributed by atoms with Crippen molar-refractivity contribution in [3.05, 3.63) is 65.5 Å². The fourth-order valence-electron chi connectivity index (χ4n) is 2.11. The molecule has 0 unspecified atom stereocenters. The zero-order valence-electron chi connectivity index (χ0n) is 12.7. The van der Waals surface area contributed by atoms with Crippen LogP contribution in [-0.4, -0.2) is 16.4 Å². The van der Waals surface area contributed by atoms with Crippen molar-refractivity contribution < 1.29 is 27.2 Å². The summed E-state index contributed by atoms with van der Waals surface area (Å²) in [5.74, 6) is 0.442. The Hall–Kier alpha value is -3.16. The lowest BCUT2D eigenvalue weighted by molar-refractivity contribution is -0.137. The smallest absolute Gasteiger partial charge is 0.416 e. The molecule has 0 aliphatic heterocycles. The molecular formula is C17H11F3N2O3. The molecule has 1 heterocycles. The molecule has 25 heavy (non-hydrogen) atoms. The summed E-state index contributed by atoms with van der Waals surface area (Å²) in [5, 5.41) is 3.66. The van der Waals surface area contributed by atoms with Crippen LogP contribution in [0.25, 0.3) is 11.4 Å². The molecule has 3 aromatic rings. The summed E-state index contributed by atoms with van der Waals surface area (Å²) in [6.45, 7) is -0.114. The fraction of sp³-hybridized carbons (Fsp3) is 0.118. The summed E-state index contributed by atoms with van der Waals surface area (Å²) < 4.78 is 48.7. The van der Waals surface area contributed by atoms with Gasteiger partial charge in [0, 0.05) is 5.56 Å². The standard InChI is InChI=1S/C17H11F3N2O3/c18-17(19,20)13-6-3-5-11(8-13)16-21-15(25-22-16)10-24-14-7-2-1-4-12(14)9-23/h1-9H,10H2. The quantitative estimate of drug-likeness (QED) is 0.648. The van der Waals surface area contributed by atoms with Gasteiger partial charge >= 0.3 is 6.18 Å². The third-order valence-corrected chi connectivity index (χ3v) is 3.31. The molecule has 0 aliphatic carbocycles. The van der Waals surface area contributed by atoms with Gasteiger partial charge in [0.2, 0.25) is 5.82 Å².